The predicted molar refractivity (Wildman–Crippen MR) is 102 cm³/mol. The molecule has 0 aliphatic rings. The van der Waals surface area contributed by atoms with Gasteiger partial charge in [0.2, 0.25) is 17.6 Å². The zero-order valence-corrected chi connectivity index (χ0v) is 16.7. The molecule has 0 aliphatic carbocycles. The van der Waals surface area contributed by atoms with Crippen LogP contribution in [0.5, 0.6) is 41.2 Å². The van der Waals surface area contributed by atoms with Crippen molar-refractivity contribution in [2.24, 2.45) is 0 Å². The lowest BCUT2D eigenvalue weighted by Crippen LogP contribution is -2.06. The number of hydrogen-bond acceptors (Lipinski definition) is 10. The van der Waals surface area contributed by atoms with Crippen LogP contribution < -0.4 is 23.7 Å². The van der Waals surface area contributed by atoms with Crippen molar-refractivity contribution in [2.45, 2.75) is 0 Å². The van der Waals surface area contributed by atoms with Crippen molar-refractivity contribution >= 4 is 17.6 Å². The Kier molecular flexibility index (Phi) is 6.32. The van der Waals surface area contributed by atoms with Crippen LogP contribution in [0.25, 0.3) is 0 Å². The first-order chi connectivity index (χ1) is 14.4. The van der Waals surface area contributed by atoms with Crippen molar-refractivity contribution < 1.29 is 33.6 Å². The Morgan fingerprint density at radius 3 is 1.77 bits per heavy atom. The molecule has 0 aliphatic heterocycles. The van der Waals surface area contributed by atoms with Gasteiger partial charge >= 0.3 is 18.0 Å². The fourth-order valence-corrected chi connectivity index (χ4v) is 2.42. The largest absolute Gasteiger partial charge is 0.481 e. The molecule has 0 radical (unpaired) electrons. The Hall–Kier alpha value is -3.86. The number of hydrogen-bond donors (Lipinski definition) is 1. The summed E-state index contributed by atoms with van der Waals surface area (Å²) in [5.41, 5.74) is -0.314. The molecular weight excluding hydrogens is 420 g/mol. The summed E-state index contributed by atoms with van der Waals surface area (Å²) in [5.74, 6) is -1.04. The molecule has 30 heavy (non-hydrogen) atoms. The molecule has 11 nitrogen and oxygen atoms in total. The summed E-state index contributed by atoms with van der Waals surface area (Å²) < 4.78 is 26.2. The normalized spacial score (nSPS) is 10.3. The average Bonchev–Trinajstić information content (AvgIpc) is 2.72. The summed E-state index contributed by atoms with van der Waals surface area (Å²) in [5, 5.41) is 9.77. The lowest BCUT2D eigenvalue weighted by molar-refractivity contribution is 0.0691. The predicted octanol–water partition coefficient (Wildman–Crippen LogP) is 3.23. The average molecular weight is 435 g/mol. The van der Waals surface area contributed by atoms with Crippen LogP contribution >= 0.6 is 11.6 Å². The number of halogens is 1. The highest BCUT2D eigenvalue weighted by atomic mass is 35.5. The molecule has 3 aromatic rings. The summed E-state index contributed by atoms with van der Waals surface area (Å²) in [6.07, 6.45) is 0. The van der Waals surface area contributed by atoms with E-state index in [2.05, 4.69) is 19.9 Å². The van der Waals surface area contributed by atoms with E-state index < -0.39 is 5.97 Å². The van der Waals surface area contributed by atoms with Gasteiger partial charge in [-0.3, -0.25) is 0 Å². The second-order valence-corrected chi connectivity index (χ2v) is 5.78. The summed E-state index contributed by atoms with van der Waals surface area (Å²) >= 11 is 5.90. The zero-order valence-electron chi connectivity index (χ0n) is 16.0. The van der Waals surface area contributed by atoms with Gasteiger partial charge in [-0.15, -0.1) is 0 Å². The molecule has 0 saturated carbocycles. The molecular formula is C18H15ClN4O7. The molecule has 156 valence electrons. The maximum absolute atomic E-state index is 11.9. The van der Waals surface area contributed by atoms with Gasteiger partial charge in [0, 0.05) is 6.07 Å². The fourth-order valence-electron chi connectivity index (χ4n) is 2.25. The van der Waals surface area contributed by atoms with Crippen molar-refractivity contribution in [3.05, 3.63) is 41.0 Å². The molecule has 0 bridgehead atoms. The smallest absolute Gasteiger partial charge is 0.343 e. The summed E-state index contributed by atoms with van der Waals surface area (Å²) in [6.45, 7) is 0. The minimum absolute atomic E-state index is 0.0537. The zero-order chi connectivity index (χ0) is 21.7. The third-order valence-electron chi connectivity index (χ3n) is 3.54. The molecule has 0 saturated heterocycles. The van der Waals surface area contributed by atoms with Gasteiger partial charge in [-0.25, -0.2) is 4.79 Å². The molecule has 1 aromatic carbocycles. The highest BCUT2D eigenvalue weighted by Gasteiger charge is 2.22. The Morgan fingerprint density at radius 2 is 1.30 bits per heavy atom. The summed E-state index contributed by atoms with van der Waals surface area (Å²) in [6, 6.07) is 6.74. The molecule has 0 fully saturated rings. The first kappa shape index (κ1) is 20.9. The van der Waals surface area contributed by atoms with Crippen LogP contribution in [0.3, 0.4) is 0 Å². The van der Waals surface area contributed by atoms with Crippen LogP contribution in [0.1, 0.15) is 10.4 Å². The van der Waals surface area contributed by atoms with Gasteiger partial charge in [-0.1, -0.05) is 17.7 Å². The Bertz CT molecular complexity index is 1060. The lowest BCUT2D eigenvalue weighted by Gasteiger charge is -2.13. The molecule has 0 unspecified atom stereocenters. The van der Waals surface area contributed by atoms with Gasteiger partial charge in [0.15, 0.2) is 0 Å². The van der Waals surface area contributed by atoms with Crippen LogP contribution in [-0.2, 0) is 0 Å². The van der Waals surface area contributed by atoms with E-state index in [4.69, 9.17) is 35.3 Å². The number of aromatic carboxylic acids is 1. The van der Waals surface area contributed by atoms with Crippen LogP contribution in [0.15, 0.2) is 30.3 Å². The first-order valence-electron chi connectivity index (χ1n) is 8.21. The third kappa shape index (κ3) is 4.75. The minimum atomic E-state index is -1.33. The number of rotatable bonds is 8. The van der Waals surface area contributed by atoms with E-state index in [-0.39, 0.29) is 51.9 Å². The summed E-state index contributed by atoms with van der Waals surface area (Å²) in [4.78, 5) is 27.8. The van der Waals surface area contributed by atoms with Crippen molar-refractivity contribution in [3.63, 3.8) is 0 Å². The molecule has 2 heterocycles. The van der Waals surface area contributed by atoms with Gasteiger partial charge in [-0.2, -0.15) is 19.9 Å². The number of nitrogens with zero attached hydrogens (tertiary/aromatic N) is 4. The standard InChI is InChI=1S/C18H15ClN4O7/c1-26-12-7-11(19)20-17(21-12)29-9-5-4-6-10(15(9)16(24)25)30-18-22-13(27-2)8-14(23-18)28-3/h4-8H,1-3H3,(H,24,25). The van der Waals surface area contributed by atoms with E-state index in [0.29, 0.717) is 0 Å². The van der Waals surface area contributed by atoms with E-state index in [9.17, 15) is 9.90 Å². The Labute approximate surface area is 175 Å². The van der Waals surface area contributed by atoms with E-state index in [1.165, 1.54) is 51.7 Å². The summed E-state index contributed by atoms with van der Waals surface area (Å²) in [7, 11) is 4.20. The lowest BCUT2D eigenvalue weighted by atomic mass is 10.2. The topological polar surface area (TPSA) is 135 Å². The molecule has 0 spiro atoms. The molecule has 1 N–H and O–H groups in total. The number of carboxylic acid groups (broad SMARTS) is 1. The monoisotopic (exact) mass is 434 g/mol. The fraction of sp³-hybridized carbons (Fsp3) is 0.167. The van der Waals surface area contributed by atoms with Crippen molar-refractivity contribution in [1.82, 2.24) is 19.9 Å². The molecule has 12 heteroatoms. The Morgan fingerprint density at radius 1 is 0.833 bits per heavy atom. The van der Waals surface area contributed by atoms with E-state index in [1.54, 1.807) is 0 Å². The van der Waals surface area contributed by atoms with Crippen molar-refractivity contribution in [2.75, 3.05) is 21.3 Å². The van der Waals surface area contributed by atoms with Gasteiger partial charge in [0.25, 0.3) is 0 Å². The van der Waals surface area contributed by atoms with E-state index in [1.807, 2.05) is 0 Å². The van der Waals surface area contributed by atoms with E-state index >= 15 is 0 Å². The number of methoxy groups -OCH3 is 3. The molecule has 3 rings (SSSR count). The number of aromatic nitrogens is 4. The highest BCUT2D eigenvalue weighted by molar-refractivity contribution is 6.29. The van der Waals surface area contributed by atoms with Crippen molar-refractivity contribution in [3.8, 4) is 41.2 Å². The third-order valence-corrected chi connectivity index (χ3v) is 3.73. The van der Waals surface area contributed by atoms with Crippen molar-refractivity contribution in [1.29, 1.82) is 0 Å². The van der Waals surface area contributed by atoms with Gasteiger partial charge < -0.3 is 28.8 Å². The van der Waals surface area contributed by atoms with Crippen LogP contribution in [0.4, 0.5) is 0 Å². The van der Waals surface area contributed by atoms with E-state index in [0.717, 1.165) is 0 Å². The minimum Gasteiger partial charge on any atom is -0.481 e. The van der Waals surface area contributed by atoms with Gasteiger partial charge in [-0.05, 0) is 12.1 Å². The maximum Gasteiger partial charge on any atom is 0.343 e. The SMILES string of the molecule is COc1cc(Cl)nc(Oc2cccc(Oc3nc(OC)cc(OC)n3)c2C(=O)O)n1. The molecule has 0 amide bonds. The second kappa shape index (κ2) is 9.09. The Balaban J connectivity index is 2.00. The first-order valence-corrected chi connectivity index (χ1v) is 8.59. The molecule has 0 atom stereocenters. The number of ether oxygens (including phenoxy) is 5. The highest BCUT2D eigenvalue weighted by Crippen LogP contribution is 2.34. The number of benzene rings is 1. The number of carbonyl (C=O) groups is 1. The quantitative estimate of drug-likeness (QED) is 0.523. The van der Waals surface area contributed by atoms with Crippen LogP contribution in [0.2, 0.25) is 5.15 Å². The van der Waals surface area contributed by atoms with Crippen LogP contribution in [-0.4, -0.2) is 52.3 Å². The second-order valence-electron chi connectivity index (χ2n) is 5.39. The molecule has 2 aromatic heterocycles. The van der Waals surface area contributed by atoms with Gasteiger partial charge in [0.1, 0.15) is 22.2 Å². The van der Waals surface area contributed by atoms with Gasteiger partial charge in [0.05, 0.1) is 27.4 Å². The number of carboxylic acids is 1. The maximum atomic E-state index is 11.9. The van der Waals surface area contributed by atoms with Crippen LogP contribution in [0, 0.1) is 0 Å².